The van der Waals surface area contributed by atoms with Gasteiger partial charge in [0.05, 0.1) is 5.41 Å². The number of hydrogen-bond acceptors (Lipinski definition) is 3. The Kier molecular flexibility index (Phi) is 6.80. The lowest BCUT2D eigenvalue weighted by Gasteiger charge is -2.37. The maximum Gasteiger partial charge on any atom is 0.226 e. The Balaban J connectivity index is 2.54. The van der Waals surface area contributed by atoms with Gasteiger partial charge in [-0.1, -0.05) is 13.8 Å². The lowest BCUT2D eigenvalue weighted by molar-refractivity contribution is -0.133. The van der Waals surface area contributed by atoms with Gasteiger partial charge in [0.15, 0.2) is 0 Å². The maximum absolute atomic E-state index is 12.6. The molecule has 19 heavy (non-hydrogen) atoms. The van der Waals surface area contributed by atoms with E-state index < -0.39 is 0 Å². The Bertz CT molecular complexity index is 271. The summed E-state index contributed by atoms with van der Waals surface area (Å²) in [6.45, 7) is 8.07. The van der Waals surface area contributed by atoms with Crippen LogP contribution in [0.2, 0.25) is 0 Å². The molecule has 4 nitrogen and oxygen atoms in total. The zero-order valence-corrected chi connectivity index (χ0v) is 13.1. The summed E-state index contributed by atoms with van der Waals surface area (Å²) in [5, 5.41) is 6.51. The van der Waals surface area contributed by atoms with E-state index in [9.17, 15) is 4.79 Å². The first-order valence-electron chi connectivity index (χ1n) is 7.60. The maximum atomic E-state index is 12.6. The second-order valence-electron chi connectivity index (χ2n) is 6.52. The van der Waals surface area contributed by atoms with Crippen LogP contribution in [0.4, 0.5) is 0 Å². The Morgan fingerprint density at radius 2 is 1.95 bits per heavy atom. The van der Waals surface area contributed by atoms with Gasteiger partial charge in [0, 0.05) is 13.1 Å². The quantitative estimate of drug-likeness (QED) is 0.735. The monoisotopic (exact) mass is 269 g/mol. The Morgan fingerprint density at radius 1 is 1.32 bits per heavy atom. The molecule has 4 heteroatoms. The molecule has 1 aliphatic heterocycles. The molecule has 0 radical (unpaired) electrons. The van der Waals surface area contributed by atoms with Crippen molar-refractivity contribution in [1.82, 2.24) is 15.5 Å². The summed E-state index contributed by atoms with van der Waals surface area (Å²) < 4.78 is 0. The van der Waals surface area contributed by atoms with Crippen molar-refractivity contribution in [2.45, 2.75) is 39.5 Å². The molecule has 0 saturated carbocycles. The fourth-order valence-corrected chi connectivity index (χ4v) is 2.64. The summed E-state index contributed by atoms with van der Waals surface area (Å²) in [4.78, 5) is 14.7. The zero-order valence-electron chi connectivity index (χ0n) is 13.1. The summed E-state index contributed by atoms with van der Waals surface area (Å²) >= 11 is 0. The highest BCUT2D eigenvalue weighted by Crippen LogP contribution is 2.35. The molecule has 1 fully saturated rings. The Morgan fingerprint density at radius 3 is 2.47 bits per heavy atom. The summed E-state index contributed by atoms with van der Waals surface area (Å²) in [6.07, 6.45) is 4.13. The van der Waals surface area contributed by atoms with Crippen LogP contribution in [-0.2, 0) is 4.79 Å². The summed E-state index contributed by atoms with van der Waals surface area (Å²) in [7, 11) is 4.07. The molecular weight excluding hydrogens is 238 g/mol. The van der Waals surface area contributed by atoms with Gasteiger partial charge in [0.2, 0.25) is 5.91 Å². The van der Waals surface area contributed by atoms with Crippen LogP contribution in [0, 0.1) is 11.3 Å². The molecule has 1 saturated heterocycles. The van der Waals surface area contributed by atoms with Crippen LogP contribution in [0.1, 0.15) is 39.5 Å². The number of nitrogens with one attached hydrogen (secondary N) is 2. The highest BCUT2D eigenvalue weighted by atomic mass is 16.2. The lowest BCUT2D eigenvalue weighted by atomic mass is 9.73. The smallest absolute Gasteiger partial charge is 0.226 e. The van der Waals surface area contributed by atoms with Gasteiger partial charge in [0.25, 0.3) is 0 Å². The fourth-order valence-electron chi connectivity index (χ4n) is 2.64. The fraction of sp³-hybridized carbons (Fsp3) is 0.933. The summed E-state index contributed by atoms with van der Waals surface area (Å²) in [5.74, 6) is 0.942. The van der Waals surface area contributed by atoms with Gasteiger partial charge >= 0.3 is 0 Å². The minimum absolute atomic E-state index is 0.123. The molecule has 0 unspecified atom stereocenters. The van der Waals surface area contributed by atoms with E-state index in [0.717, 1.165) is 51.9 Å². The van der Waals surface area contributed by atoms with E-state index in [1.165, 1.54) is 0 Å². The SMILES string of the molecule is CC(C)CCC1(C(=O)NCCN(C)C)CCNCC1. The number of nitrogens with zero attached hydrogens (tertiary/aromatic N) is 1. The third-order valence-electron chi connectivity index (χ3n) is 4.09. The van der Waals surface area contributed by atoms with E-state index in [-0.39, 0.29) is 11.3 Å². The lowest BCUT2D eigenvalue weighted by Crippen LogP contribution is -2.48. The van der Waals surface area contributed by atoms with Gasteiger partial charge in [-0.3, -0.25) is 4.79 Å². The van der Waals surface area contributed by atoms with Crippen LogP contribution in [0.5, 0.6) is 0 Å². The third kappa shape index (κ3) is 5.49. The second kappa shape index (κ2) is 7.85. The van der Waals surface area contributed by atoms with E-state index in [2.05, 4.69) is 29.4 Å². The van der Waals surface area contributed by atoms with Gasteiger partial charge in [0.1, 0.15) is 0 Å². The Labute approximate surface area is 118 Å². The molecule has 0 aromatic carbocycles. The molecular formula is C15H31N3O. The molecule has 0 aromatic rings. The van der Waals surface area contributed by atoms with E-state index in [4.69, 9.17) is 0 Å². The zero-order chi connectivity index (χ0) is 14.3. The number of carbonyl (C=O) groups is 1. The molecule has 1 rings (SSSR count). The molecule has 1 amide bonds. The normalized spacial score (nSPS) is 18.8. The molecule has 0 aromatic heterocycles. The molecule has 1 heterocycles. The van der Waals surface area contributed by atoms with Crippen molar-refractivity contribution < 1.29 is 4.79 Å². The van der Waals surface area contributed by atoms with Gasteiger partial charge in [-0.25, -0.2) is 0 Å². The van der Waals surface area contributed by atoms with E-state index in [0.29, 0.717) is 5.92 Å². The molecule has 0 bridgehead atoms. The second-order valence-corrected chi connectivity index (χ2v) is 6.52. The van der Waals surface area contributed by atoms with Crippen molar-refractivity contribution in [2.24, 2.45) is 11.3 Å². The standard InChI is InChI=1S/C15H31N3O/c1-13(2)5-6-15(7-9-16-10-8-15)14(19)17-11-12-18(3)4/h13,16H,5-12H2,1-4H3,(H,17,19). The van der Waals surface area contributed by atoms with E-state index >= 15 is 0 Å². The van der Waals surface area contributed by atoms with Crippen LogP contribution < -0.4 is 10.6 Å². The topological polar surface area (TPSA) is 44.4 Å². The number of amides is 1. The number of carbonyl (C=O) groups excluding carboxylic acids is 1. The van der Waals surface area contributed by atoms with Crippen LogP contribution in [0.25, 0.3) is 0 Å². The third-order valence-corrected chi connectivity index (χ3v) is 4.09. The predicted octanol–water partition coefficient (Wildman–Crippen LogP) is 1.47. The first kappa shape index (κ1) is 16.4. The molecule has 0 atom stereocenters. The van der Waals surface area contributed by atoms with Crippen LogP contribution in [0.15, 0.2) is 0 Å². The van der Waals surface area contributed by atoms with Gasteiger partial charge in [-0.15, -0.1) is 0 Å². The number of rotatable bonds is 7. The van der Waals surface area contributed by atoms with Crippen molar-refractivity contribution in [2.75, 3.05) is 40.3 Å². The minimum atomic E-state index is -0.123. The van der Waals surface area contributed by atoms with Crippen molar-refractivity contribution in [1.29, 1.82) is 0 Å². The predicted molar refractivity (Wildman–Crippen MR) is 80.2 cm³/mol. The highest BCUT2D eigenvalue weighted by molar-refractivity contribution is 5.82. The average molecular weight is 269 g/mol. The first-order valence-corrected chi connectivity index (χ1v) is 7.60. The first-order chi connectivity index (χ1) is 8.96. The number of piperidine rings is 1. The minimum Gasteiger partial charge on any atom is -0.354 e. The van der Waals surface area contributed by atoms with Crippen molar-refractivity contribution in [3.8, 4) is 0 Å². The van der Waals surface area contributed by atoms with E-state index in [1.54, 1.807) is 0 Å². The van der Waals surface area contributed by atoms with Gasteiger partial charge in [-0.2, -0.15) is 0 Å². The molecule has 2 N–H and O–H groups in total. The largest absolute Gasteiger partial charge is 0.354 e. The molecule has 112 valence electrons. The van der Waals surface area contributed by atoms with Crippen molar-refractivity contribution in [3.05, 3.63) is 0 Å². The summed E-state index contributed by atoms with van der Waals surface area (Å²) in [6, 6.07) is 0. The van der Waals surface area contributed by atoms with Gasteiger partial charge < -0.3 is 15.5 Å². The van der Waals surface area contributed by atoms with Crippen LogP contribution in [-0.4, -0.2) is 51.1 Å². The Hall–Kier alpha value is -0.610. The van der Waals surface area contributed by atoms with Crippen molar-refractivity contribution in [3.63, 3.8) is 0 Å². The highest BCUT2D eigenvalue weighted by Gasteiger charge is 2.38. The van der Waals surface area contributed by atoms with Crippen LogP contribution in [0.3, 0.4) is 0 Å². The molecule has 0 aliphatic carbocycles. The summed E-state index contributed by atoms with van der Waals surface area (Å²) in [5.41, 5.74) is -0.123. The molecule has 0 spiro atoms. The molecule has 1 aliphatic rings. The van der Waals surface area contributed by atoms with Gasteiger partial charge in [-0.05, 0) is 58.8 Å². The number of likely N-dealkylation sites (N-methyl/N-ethyl adjacent to an activating group) is 1. The average Bonchev–Trinajstić information content (AvgIpc) is 2.37. The van der Waals surface area contributed by atoms with E-state index in [1.807, 2.05) is 14.1 Å². The van der Waals surface area contributed by atoms with Crippen molar-refractivity contribution >= 4 is 5.91 Å². The van der Waals surface area contributed by atoms with Crippen LogP contribution >= 0.6 is 0 Å². The number of hydrogen-bond donors (Lipinski definition) is 2.